The van der Waals surface area contributed by atoms with Crippen LogP contribution in [0, 0.1) is 0 Å². The van der Waals surface area contributed by atoms with E-state index >= 15 is 0 Å². The number of hydrogen-bond acceptors (Lipinski definition) is 5. The summed E-state index contributed by atoms with van der Waals surface area (Å²) in [5.74, 6) is 1.59. The molecule has 2 fully saturated rings. The monoisotopic (exact) mass is 296 g/mol. The first kappa shape index (κ1) is 14.5. The molecule has 2 aliphatic heterocycles. The first-order chi connectivity index (χ1) is 8.66. The molecule has 2 aliphatic rings. The van der Waals surface area contributed by atoms with E-state index in [0.717, 1.165) is 11.5 Å². The molecule has 0 saturated carbocycles. The lowest BCUT2D eigenvalue weighted by atomic mass is 10.2. The van der Waals surface area contributed by atoms with Crippen LogP contribution in [0.15, 0.2) is 0 Å². The van der Waals surface area contributed by atoms with Crippen molar-refractivity contribution in [2.45, 2.75) is 12.5 Å². The number of aliphatic hydroxyl groups is 1. The van der Waals surface area contributed by atoms with Crippen LogP contribution in [0.1, 0.15) is 6.42 Å². The van der Waals surface area contributed by atoms with E-state index in [2.05, 4.69) is 0 Å². The highest BCUT2D eigenvalue weighted by Gasteiger charge is 2.36. The van der Waals surface area contributed by atoms with E-state index < -0.39 is 10.2 Å². The van der Waals surface area contributed by atoms with Gasteiger partial charge in [0.05, 0.1) is 13.2 Å². The quantitative estimate of drug-likeness (QED) is 0.747. The van der Waals surface area contributed by atoms with E-state index in [4.69, 9.17) is 9.84 Å². The molecule has 0 unspecified atom stereocenters. The maximum Gasteiger partial charge on any atom is 0.282 e. The second-order valence-corrected chi connectivity index (χ2v) is 7.40. The normalized spacial score (nSPS) is 28.4. The molecule has 0 radical (unpaired) electrons. The Balaban J connectivity index is 2.10. The third-order valence-corrected chi connectivity index (χ3v) is 6.41. The molecular formula is C10H20N2O4S2. The molecule has 0 aromatic rings. The summed E-state index contributed by atoms with van der Waals surface area (Å²) in [6, 6.07) is -0.0819. The van der Waals surface area contributed by atoms with Crippen molar-refractivity contribution in [3.63, 3.8) is 0 Å². The Morgan fingerprint density at radius 2 is 2.00 bits per heavy atom. The number of nitrogens with zero attached hydrogens (tertiary/aromatic N) is 2. The SMILES string of the molecule is O=S(=O)(N1CCOCC1)N1CCSC[C@@H]1CCO. The summed E-state index contributed by atoms with van der Waals surface area (Å²) in [5, 5.41) is 9.05. The molecule has 2 saturated heterocycles. The van der Waals surface area contributed by atoms with Gasteiger partial charge in [-0.05, 0) is 6.42 Å². The van der Waals surface area contributed by atoms with Gasteiger partial charge in [-0.1, -0.05) is 0 Å². The minimum absolute atomic E-state index is 0.0281. The fourth-order valence-electron chi connectivity index (χ4n) is 2.25. The molecule has 0 aliphatic carbocycles. The number of hydrogen-bond donors (Lipinski definition) is 1. The third kappa shape index (κ3) is 3.17. The molecule has 0 bridgehead atoms. The number of morpholine rings is 1. The third-order valence-electron chi connectivity index (χ3n) is 3.23. The molecule has 0 aromatic carbocycles. The van der Waals surface area contributed by atoms with Crippen molar-refractivity contribution in [2.24, 2.45) is 0 Å². The molecule has 0 spiro atoms. The maximum atomic E-state index is 12.5. The van der Waals surface area contributed by atoms with Crippen LogP contribution in [0.4, 0.5) is 0 Å². The van der Waals surface area contributed by atoms with Gasteiger partial charge in [-0.2, -0.15) is 28.8 Å². The minimum Gasteiger partial charge on any atom is -0.396 e. The molecule has 1 N–H and O–H groups in total. The smallest absolute Gasteiger partial charge is 0.282 e. The van der Waals surface area contributed by atoms with E-state index in [9.17, 15) is 8.42 Å². The highest BCUT2D eigenvalue weighted by Crippen LogP contribution is 2.24. The Morgan fingerprint density at radius 3 is 2.67 bits per heavy atom. The van der Waals surface area contributed by atoms with E-state index in [-0.39, 0.29) is 12.6 Å². The molecule has 6 nitrogen and oxygen atoms in total. The van der Waals surface area contributed by atoms with Crippen LogP contribution in [0.2, 0.25) is 0 Å². The molecule has 2 rings (SSSR count). The lowest BCUT2D eigenvalue weighted by molar-refractivity contribution is 0.0691. The first-order valence-electron chi connectivity index (χ1n) is 6.19. The van der Waals surface area contributed by atoms with Crippen LogP contribution < -0.4 is 0 Å². The van der Waals surface area contributed by atoms with Gasteiger partial charge in [-0.15, -0.1) is 0 Å². The van der Waals surface area contributed by atoms with Gasteiger partial charge >= 0.3 is 0 Å². The summed E-state index contributed by atoms with van der Waals surface area (Å²) in [7, 11) is -3.39. The first-order valence-corrected chi connectivity index (χ1v) is 8.74. The van der Waals surface area contributed by atoms with Crippen molar-refractivity contribution in [2.75, 3.05) is 51.0 Å². The average molecular weight is 296 g/mol. The van der Waals surface area contributed by atoms with Gasteiger partial charge in [0.1, 0.15) is 0 Å². The fraction of sp³-hybridized carbons (Fsp3) is 1.00. The molecule has 2 heterocycles. The highest BCUT2D eigenvalue weighted by atomic mass is 32.2. The molecule has 18 heavy (non-hydrogen) atoms. The fourth-order valence-corrected chi connectivity index (χ4v) is 5.35. The van der Waals surface area contributed by atoms with Crippen molar-refractivity contribution in [3.05, 3.63) is 0 Å². The van der Waals surface area contributed by atoms with Crippen molar-refractivity contribution in [1.29, 1.82) is 0 Å². The molecule has 8 heteroatoms. The highest BCUT2D eigenvalue weighted by molar-refractivity contribution is 7.99. The van der Waals surface area contributed by atoms with E-state index in [1.165, 1.54) is 4.31 Å². The number of aliphatic hydroxyl groups excluding tert-OH is 1. The number of ether oxygens (including phenoxy) is 1. The number of thioether (sulfide) groups is 1. The lowest BCUT2D eigenvalue weighted by Crippen LogP contribution is -2.54. The largest absolute Gasteiger partial charge is 0.396 e. The summed E-state index contributed by atoms with van der Waals surface area (Å²) in [6.45, 7) is 2.35. The van der Waals surface area contributed by atoms with E-state index in [1.807, 2.05) is 0 Å². The van der Waals surface area contributed by atoms with Gasteiger partial charge in [0.15, 0.2) is 0 Å². The molecule has 1 atom stereocenters. The summed E-state index contributed by atoms with van der Waals surface area (Å²) in [6.07, 6.45) is 0.510. The summed E-state index contributed by atoms with van der Waals surface area (Å²) >= 11 is 1.75. The minimum atomic E-state index is -3.39. The topological polar surface area (TPSA) is 70.1 Å². The predicted octanol–water partition coefficient (Wildman–Crippen LogP) is -0.637. The zero-order chi connectivity index (χ0) is 13.0. The standard InChI is InChI=1S/C10H20N2O4S2/c13-5-1-10-9-17-8-4-12(10)18(14,15)11-2-6-16-7-3-11/h10,13H,1-9H2/t10-/m0/s1. The van der Waals surface area contributed by atoms with Crippen LogP contribution in [0.3, 0.4) is 0 Å². The summed E-state index contributed by atoms with van der Waals surface area (Å²) < 4.78 is 33.3. The maximum absolute atomic E-state index is 12.5. The van der Waals surface area contributed by atoms with Crippen molar-refractivity contribution < 1.29 is 18.3 Å². The van der Waals surface area contributed by atoms with E-state index in [1.54, 1.807) is 16.1 Å². The van der Waals surface area contributed by atoms with Gasteiger partial charge in [-0.3, -0.25) is 0 Å². The van der Waals surface area contributed by atoms with Crippen molar-refractivity contribution in [3.8, 4) is 0 Å². The second kappa shape index (κ2) is 6.53. The molecule has 0 amide bonds. The lowest BCUT2D eigenvalue weighted by Gasteiger charge is -2.38. The molecular weight excluding hydrogens is 276 g/mol. The van der Waals surface area contributed by atoms with Crippen LogP contribution in [-0.2, 0) is 14.9 Å². The molecule has 106 valence electrons. The Kier molecular flexibility index (Phi) is 5.28. The van der Waals surface area contributed by atoms with Gasteiger partial charge in [-0.25, -0.2) is 0 Å². The van der Waals surface area contributed by atoms with Crippen LogP contribution >= 0.6 is 11.8 Å². The second-order valence-electron chi connectivity index (χ2n) is 4.37. The zero-order valence-corrected chi connectivity index (χ0v) is 12.0. The van der Waals surface area contributed by atoms with Gasteiger partial charge < -0.3 is 9.84 Å². The van der Waals surface area contributed by atoms with Gasteiger partial charge in [0.2, 0.25) is 0 Å². The number of rotatable bonds is 4. The summed E-state index contributed by atoms with van der Waals surface area (Å²) in [5.41, 5.74) is 0. The van der Waals surface area contributed by atoms with Crippen molar-refractivity contribution >= 4 is 22.0 Å². The van der Waals surface area contributed by atoms with Crippen LogP contribution in [0.25, 0.3) is 0 Å². The zero-order valence-electron chi connectivity index (χ0n) is 10.3. The Morgan fingerprint density at radius 1 is 1.28 bits per heavy atom. The predicted molar refractivity (Wildman–Crippen MR) is 70.8 cm³/mol. The van der Waals surface area contributed by atoms with E-state index in [0.29, 0.717) is 39.3 Å². The Hall–Kier alpha value is 0.140. The Labute approximate surface area is 112 Å². The summed E-state index contributed by atoms with van der Waals surface area (Å²) in [4.78, 5) is 0. The average Bonchev–Trinajstić information content (AvgIpc) is 2.41. The van der Waals surface area contributed by atoms with Crippen LogP contribution in [-0.4, -0.2) is 79.1 Å². The van der Waals surface area contributed by atoms with Crippen LogP contribution in [0.5, 0.6) is 0 Å². The Bertz CT molecular complexity index is 355. The molecule has 0 aromatic heterocycles. The van der Waals surface area contributed by atoms with Gasteiger partial charge in [0, 0.05) is 43.8 Å². The van der Waals surface area contributed by atoms with Crippen molar-refractivity contribution in [1.82, 2.24) is 8.61 Å². The van der Waals surface area contributed by atoms with Gasteiger partial charge in [0.25, 0.3) is 10.2 Å².